The van der Waals surface area contributed by atoms with Crippen LogP contribution < -0.4 is 5.30 Å². The standard InChI is InChI=1S/C49H65O2P/c1-27(2)35-21-40(29(5)6)46(41(22-35)30(7)8)44-25-38(37-19-33(13)48(51)34(14)20-37)26-45(49(44)52-17-15-39(50)16-18-52)47-42(31(9)10)23-36(28(3)4)24-43(47)32(11)12/h19-32,51H,15-18H2,1-14H3. The van der Waals surface area contributed by atoms with Crippen LogP contribution in [0.15, 0.2) is 48.5 Å². The van der Waals surface area contributed by atoms with Crippen molar-refractivity contribution in [3.63, 3.8) is 0 Å². The predicted octanol–water partition coefficient (Wildman–Crippen LogP) is 14.2. The summed E-state index contributed by atoms with van der Waals surface area (Å²) in [5.74, 6) is 3.01. The van der Waals surface area contributed by atoms with Gasteiger partial charge in [0.05, 0.1) is 0 Å². The Morgan fingerprint density at radius 2 is 0.827 bits per heavy atom. The highest BCUT2D eigenvalue weighted by Gasteiger charge is 2.31. The zero-order chi connectivity index (χ0) is 38.3. The SMILES string of the molecule is Cc1cc(-c2cc(-c3c(C(C)C)cc(C(C)C)cc3C(C)C)c(P3CCC(=O)CC3)c(-c3c(C(C)C)cc(C(C)C)cc3C(C)C)c2)cc(C)c1O. The molecule has 0 atom stereocenters. The van der Waals surface area contributed by atoms with Gasteiger partial charge in [-0.25, -0.2) is 0 Å². The van der Waals surface area contributed by atoms with Crippen molar-refractivity contribution in [3.8, 4) is 39.1 Å². The van der Waals surface area contributed by atoms with Crippen LogP contribution in [-0.4, -0.2) is 23.2 Å². The summed E-state index contributed by atoms with van der Waals surface area (Å²) in [5.41, 5.74) is 18.1. The Labute approximate surface area is 317 Å². The van der Waals surface area contributed by atoms with Crippen LogP contribution >= 0.6 is 7.92 Å². The quantitative estimate of drug-likeness (QED) is 0.166. The van der Waals surface area contributed by atoms with Crippen LogP contribution in [-0.2, 0) is 4.79 Å². The molecule has 5 rings (SSSR count). The van der Waals surface area contributed by atoms with Crippen molar-refractivity contribution in [1.82, 2.24) is 0 Å². The zero-order valence-corrected chi connectivity index (χ0v) is 35.6. The van der Waals surface area contributed by atoms with Gasteiger partial charge in [0.25, 0.3) is 0 Å². The van der Waals surface area contributed by atoms with Crippen molar-refractivity contribution < 1.29 is 9.90 Å². The maximum atomic E-state index is 12.8. The summed E-state index contributed by atoms with van der Waals surface area (Å²) < 4.78 is 0. The molecule has 0 bridgehead atoms. The van der Waals surface area contributed by atoms with Crippen molar-refractivity contribution in [3.05, 3.63) is 93.0 Å². The van der Waals surface area contributed by atoms with Crippen molar-refractivity contribution in [2.75, 3.05) is 12.3 Å². The third-order valence-electron chi connectivity index (χ3n) is 11.4. The first-order valence-electron chi connectivity index (χ1n) is 20.0. The van der Waals surface area contributed by atoms with E-state index in [1.165, 1.54) is 66.5 Å². The molecule has 1 aliphatic rings. The molecule has 1 N–H and O–H groups in total. The number of benzene rings is 4. The Morgan fingerprint density at radius 1 is 0.500 bits per heavy atom. The number of phenols is 1. The third kappa shape index (κ3) is 7.99. The fourth-order valence-corrected chi connectivity index (χ4v) is 10.9. The molecular weight excluding hydrogens is 652 g/mol. The zero-order valence-electron chi connectivity index (χ0n) is 34.7. The number of carbonyl (C=O) groups is 1. The molecule has 4 aromatic carbocycles. The number of aromatic hydroxyl groups is 1. The van der Waals surface area contributed by atoms with Crippen LogP contribution in [0.3, 0.4) is 0 Å². The summed E-state index contributed by atoms with van der Waals surface area (Å²) in [7, 11) is -0.609. The Bertz CT molecular complexity index is 1770. The molecule has 0 unspecified atom stereocenters. The summed E-state index contributed by atoms with van der Waals surface area (Å²) in [6.45, 7) is 32.1. The number of phenolic OH excluding ortho intramolecular Hbond substituents is 1. The third-order valence-corrected chi connectivity index (χ3v) is 14.0. The maximum absolute atomic E-state index is 12.8. The second kappa shape index (κ2) is 16.0. The first-order chi connectivity index (χ1) is 24.4. The molecule has 1 fully saturated rings. The van der Waals surface area contributed by atoms with Gasteiger partial charge in [-0.05, 0) is 169 Å². The number of aryl methyl sites for hydroxylation is 2. The molecule has 1 saturated heterocycles. The summed E-state index contributed by atoms with van der Waals surface area (Å²) in [4.78, 5) is 12.8. The Morgan fingerprint density at radius 3 is 1.13 bits per heavy atom. The average molecular weight is 717 g/mol. The normalized spacial score (nSPS) is 14.3. The molecule has 0 amide bonds. The van der Waals surface area contributed by atoms with Crippen LogP contribution in [0.1, 0.15) is 176 Å². The summed E-state index contributed by atoms with van der Waals surface area (Å²) in [6.07, 6.45) is 3.23. The van der Waals surface area contributed by atoms with Crippen LogP contribution in [0.25, 0.3) is 33.4 Å². The molecular formula is C49H65O2P. The second-order valence-corrected chi connectivity index (χ2v) is 19.9. The summed E-state index contributed by atoms with van der Waals surface area (Å²) in [6, 6.07) is 19.3. The van der Waals surface area contributed by atoms with E-state index in [4.69, 9.17) is 0 Å². The van der Waals surface area contributed by atoms with E-state index in [1.807, 2.05) is 13.8 Å². The number of carbonyl (C=O) groups excluding carboxylic acids is 1. The van der Waals surface area contributed by atoms with Crippen molar-refractivity contribution in [2.24, 2.45) is 0 Å². The monoisotopic (exact) mass is 716 g/mol. The minimum absolute atomic E-state index is 0.341. The molecule has 0 aromatic heterocycles. The Kier molecular flexibility index (Phi) is 12.3. The lowest BCUT2D eigenvalue weighted by atomic mass is 9.78. The predicted molar refractivity (Wildman–Crippen MR) is 229 cm³/mol. The molecule has 1 aliphatic heterocycles. The minimum Gasteiger partial charge on any atom is -0.507 e. The fourth-order valence-electron chi connectivity index (χ4n) is 8.16. The lowest BCUT2D eigenvalue weighted by Crippen LogP contribution is -2.22. The van der Waals surface area contributed by atoms with E-state index in [9.17, 15) is 9.90 Å². The lowest BCUT2D eigenvalue weighted by molar-refractivity contribution is -0.118. The van der Waals surface area contributed by atoms with E-state index in [1.54, 1.807) is 0 Å². The lowest BCUT2D eigenvalue weighted by Gasteiger charge is -2.33. The van der Waals surface area contributed by atoms with Gasteiger partial charge in [-0.1, -0.05) is 115 Å². The topological polar surface area (TPSA) is 37.3 Å². The number of ketones is 1. The number of hydrogen-bond donors (Lipinski definition) is 1. The highest BCUT2D eigenvalue weighted by Crippen LogP contribution is 2.52. The molecule has 278 valence electrons. The first kappa shape index (κ1) is 40.0. The molecule has 4 aromatic rings. The van der Waals surface area contributed by atoms with Gasteiger partial charge >= 0.3 is 0 Å². The Hall–Kier alpha value is -3.22. The van der Waals surface area contributed by atoms with Gasteiger partial charge in [-0.15, -0.1) is 0 Å². The number of Topliss-reactive ketones (excluding diaryl/α,β-unsaturated/α-hetero) is 1. The minimum atomic E-state index is -0.609. The second-order valence-electron chi connectivity index (χ2n) is 17.5. The van der Waals surface area contributed by atoms with Gasteiger partial charge in [-0.2, -0.15) is 0 Å². The number of hydrogen-bond acceptors (Lipinski definition) is 2. The highest BCUT2D eigenvalue weighted by atomic mass is 31.1. The van der Waals surface area contributed by atoms with Crippen LogP contribution in [0.2, 0.25) is 0 Å². The molecule has 0 saturated carbocycles. The Balaban J connectivity index is 2.08. The largest absolute Gasteiger partial charge is 0.507 e. The molecule has 0 spiro atoms. The fraction of sp³-hybridized carbons (Fsp3) is 0.490. The number of rotatable bonds is 10. The van der Waals surface area contributed by atoms with Gasteiger partial charge in [0, 0.05) is 12.8 Å². The van der Waals surface area contributed by atoms with Crippen molar-refractivity contribution in [2.45, 2.75) is 145 Å². The molecule has 1 heterocycles. The van der Waals surface area contributed by atoms with Crippen LogP contribution in [0, 0.1) is 13.8 Å². The van der Waals surface area contributed by atoms with Crippen molar-refractivity contribution >= 4 is 19.0 Å². The smallest absolute Gasteiger partial charge is 0.133 e. The van der Waals surface area contributed by atoms with Crippen molar-refractivity contribution in [1.29, 1.82) is 0 Å². The molecule has 0 aliphatic carbocycles. The average Bonchev–Trinajstić information content (AvgIpc) is 3.08. The molecule has 52 heavy (non-hydrogen) atoms. The van der Waals surface area contributed by atoms with Gasteiger partial charge in [0.15, 0.2) is 0 Å². The van der Waals surface area contributed by atoms with Crippen LogP contribution in [0.5, 0.6) is 5.75 Å². The van der Waals surface area contributed by atoms with Gasteiger partial charge in [0.2, 0.25) is 0 Å². The van der Waals surface area contributed by atoms with E-state index < -0.39 is 7.92 Å². The van der Waals surface area contributed by atoms with E-state index in [0.717, 1.165) is 29.0 Å². The highest BCUT2D eigenvalue weighted by molar-refractivity contribution is 7.66. The van der Waals surface area contributed by atoms with E-state index in [2.05, 4.69) is 132 Å². The van der Waals surface area contributed by atoms with Crippen LogP contribution in [0.4, 0.5) is 0 Å². The van der Waals surface area contributed by atoms with Gasteiger partial charge in [-0.3, -0.25) is 4.79 Å². The van der Waals surface area contributed by atoms with Gasteiger partial charge < -0.3 is 5.11 Å². The van der Waals surface area contributed by atoms with E-state index in [-0.39, 0.29) is 0 Å². The maximum Gasteiger partial charge on any atom is 0.133 e. The molecule has 2 nitrogen and oxygen atoms in total. The van der Waals surface area contributed by atoms with E-state index in [0.29, 0.717) is 59.9 Å². The molecule has 3 heteroatoms. The van der Waals surface area contributed by atoms with E-state index >= 15 is 0 Å². The summed E-state index contributed by atoms with van der Waals surface area (Å²) in [5, 5.41) is 12.4. The summed E-state index contributed by atoms with van der Waals surface area (Å²) >= 11 is 0. The van der Waals surface area contributed by atoms with Gasteiger partial charge in [0.1, 0.15) is 11.5 Å². The first-order valence-corrected chi connectivity index (χ1v) is 21.7. The molecule has 0 radical (unpaired) electrons.